The van der Waals surface area contributed by atoms with E-state index in [1.807, 2.05) is 0 Å². The number of pyridine rings is 1. The summed E-state index contributed by atoms with van der Waals surface area (Å²) in [6, 6.07) is 5.91. The van der Waals surface area contributed by atoms with Crippen LogP contribution >= 0.6 is 0 Å². The molecule has 2 aliphatic rings. The van der Waals surface area contributed by atoms with Crippen LogP contribution in [0.15, 0.2) is 30.6 Å². The minimum Gasteiger partial charge on any atom is -0.355 e. The summed E-state index contributed by atoms with van der Waals surface area (Å²) in [6.07, 6.45) is 7.75. The van der Waals surface area contributed by atoms with Crippen LogP contribution in [0.4, 0.5) is 5.82 Å². The summed E-state index contributed by atoms with van der Waals surface area (Å²) in [5.74, 6) is 1.74. The molecule has 1 aliphatic heterocycles. The first-order chi connectivity index (χ1) is 11.3. The van der Waals surface area contributed by atoms with E-state index in [-0.39, 0.29) is 11.9 Å². The number of carbonyl (C=O) groups excluding carboxylic acids is 1. The van der Waals surface area contributed by atoms with Gasteiger partial charge in [0.15, 0.2) is 5.82 Å². The third kappa shape index (κ3) is 3.21. The third-order valence-electron chi connectivity index (χ3n) is 4.70. The minimum absolute atomic E-state index is 0.0124. The second-order valence-electron chi connectivity index (χ2n) is 6.43. The quantitative estimate of drug-likeness (QED) is 0.906. The molecule has 0 atom stereocenters. The number of aromatic amines is 1. The molecule has 0 radical (unpaired) electrons. The number of nitrogens with one attached hydrogen (secondary N) is 2. The highest BCUT2D eigenvalue weighted by Gasteiger charge is 2.27. The van der Waals surface area contributed by atoms with Gasteiger partial charge in [-0.3, -0.25) is 14.9 Å². The fourth-order valence-corrected chi connectivity index (χ4v) is 3.12. The highest BCUT2D eigenvalue weighted by Crippen LogP contribution is 2.40. The van der Waals surface area contributed by atoms with Crippen LogP contribution < -0.4 is 10.2 Å². The lowest BCUT2D eigenvalue weighted by Gasteiger charge is -2.32. The zero-order valence-corrected chi connectivity index (χ0v) is 13.0. The highest BCUT2D eigenvalue weighted by atomic mass is 16.1. The van der Waals surface area contributed by atoms with E-state index in [2.05, 4.69) is 31.5 Å². The Balaban J connectivity index is 1.31. The van der Waals surface area contributed by atoms with Gasteiger partial charge >= 0.3 is 0 Å². The first-order valence-electron chi connectivity index (χ1n) is 8.31. The Morgan fingerprint density at radius 1 is 1.17 bits per heavy atom. The maximum Gasteiger partial charge on any atom is 0.251 e. The van der Waals surface area contributed by atoms with Crippen molar-refractivity contribution < 1.29 is 4.79 Å². The number of nitrogens with zero attached hydrogens (tertiary/aromatic N) is 3. The highest BCUT2D eigenvalue weighted by molar-refractivity contribution is 5.94. The van der Waals surface area contributed by atoms with Crippen molar-refractivity contribution in [1.82, 2.24) is 20.5 Å². The van der Waals surface area contributed by atoms with Gasteiger partial charge in [-0.1, -0.05) is 0 Å². The van der Waals surface area contributed by atoms with Crippen LogP contribution in [0.2, 0.25) is 0 Å². The number of anilines is 1. The standard InChI is InChI=1S/C17H21N5O/c23-17(13-3-7-18-8-4-13)19-14-5-9-22(10-6-14)16-11-15(20-21-16)12-1-2-12/h3-4,7-8,11-12,14H,1-2,5-6,9-10H2,(H,19,23)(H,20,21). The summed E-state index contributed by atoms with van der Waals surface area (Å²) in [5.41, 5.74) is 1.94. The monoisotopic (exact) mass is 311 g/mol. The SMILES string of the molecule is O=C(NC1CCN(c2cc(C3CC3)[nH]n2)CC1)c1ccncc1. The van der Waals surface area contributed by atoms with E-state index in [9.17, 15) is 4.79 Å². The van der Waals surface area contributed by atoms with E-state index in [1.54, 1.807) is 24.5 Å². The Kier molecular flexibility index (Phi) is 3.73. The number of hydrogen-bond acceptors (Lipinski definition) is 4. The predicted molar refractivity (Wildman–Crippen MR) is 87.5 cm³/mol. The van der Waals surface area contributed by atoms with E-state index in [0.717, 1.165) is 31.7 Å². The van der Waals surface area contributed by atoms with Crippen molar-refractivity contribution in [3.63, 3.8) is 0 Å². The van der Waals surface area contributed by atoms with Gasteiger partial charge in [0, 0.05) is 54.8 Å². The van der Waals surface area contributed by atoms with Crippen LogP contribution in [0.1, 0.15) is 47.7 Å². The van der Waals surface area contributed by atoms with Gasteiger partial charge in [0.05, 0.1) is 0 Å². The molecule has 3 heterocycles. The Bertz CT molecular complexity index is 671. The Labute approximate surface area is 135 Å². The number of amides is 1. The van der Waals surface area contributed by atoms with Crippen molar-refractivity contribution in [2.75, 3.05) is 18.0 Å². The number of aromatic nitrogens is 3. The van der Waals surface area contributed by atoms with Crippen LogP contribution in [-0.2, 0) is 0 Å². The molecule has 2 N–H and O–H groups in total. The maximum atomic E-state index is 12.2. The van der Waals surface area contributed by atoms with Crippen LogP contribution in [0.3, 0.4) is 0 Å². The molecule has 120 valence electrons. The predicted octanol–water partition coefficient (Wildman–Crippen LogP) is 2.08. The van der Waals surface area contributed by atoms with E-state index >= 15 is 0 Å². The number of carbonyl (C=O) groups is 1. The van der Waals surface area contributed by atoms with Crippen LogP contribution in [-0.4, -0.2) is 40.2 Å². The molecule has 0 bridgehead atoms. The Hall–Kier alpha value is -2.37. The van der Waals surface area contributed by atoms with Crippen molar-refractivity contribution in [3.05, 3.63) is 41.9 Å². The van der Waals surface area contributed by atoms with Crippen LogP contribution in [0.25, 0.3) is 0 Å². The van der Waals surface area contributed by atoms with Crippen molar-refractivity contribution in [1.29, 1.82) is 0 Å². The average Bonchev–Trinajstić information content (AvgIpc) is 3.34. The normalized spacial score (nSPS) is 18.9. The van der Waals surface area contributed by atoms with Gasteiger partial charge in [-0.05, 0) is 37.8 Å². The zero-order chi connectivity index (χ0) is 15.6. The van der Waals surface area contributed by atoms with E-state index < -0.39 is 0 Å². The van der Waals surface area contributed by atoms with Crippen molar-refractivity contribution >= 4 is 11.7 Å². The lowest BCUT2D eigenvalue weighted by Crippen LogP contribution is -2.44. The fraction of sp³-hybridized carbons (Fsp3) is 0.471. The summed E-state index contributed by atoms with van der Waals surface area (Å²) >= 11 is 0. The van der Waals surface area contributed by atoms with E-state index in [0.29, 0.717) is 11.5 Å². The molecule has 1 aliphatic carbocycles. The first-order valence-corrected chi connectivity index (χ1v) is 8.31. The molecule has 23 heavy (non-hydrogen) atoms. The van der Waals surface area contributed by atoms with Gasteiger partial charge < -0.3 is 10.2 Å². The molecule has 0 unspecified atom stereocenters. The van der Waals surface area contributed by atoms with Gasteiger partial charge in [-0.25, -0.2) is 0 Å². The summed E-state index contributed by atoms with van der Waals surface area (Å²) in [7, 11) is 0. The third-order valence-corrected chi connectivity index (χ3v) is 4.70. The van der Waals surface area contributed by atoms with E-state index in [1.165, 1.54) is 18.5 Å². The lowest BCUT2D eigenvalue weighted by molar-refractivity contribution is 0.0931. The number of rotatable bonds is 4. The minimum atomic E-state index is -0.0124. The first kappa shape index (κ1) is 14.2. The van der Waals surface area contributed by atoms with Crippen LogP contribution in [0.5, 0.6) is 0 Å². The topological polar surface area (TPSA) is 73.9 Å². The van der Waals surface area contributed by atoms with E-state index in [4.69, 9.17) is 0 Å². The Morgan fingerprint density at radius 3 is 2.61 bits per heavy atom. The van der Waals surface area contributed by atoms with Crippen molar-refractivity contribution in [2.45, 2.75) is 37.6 Å². The molecule has 6 heteroatoms. The summed E-state index contributed by atoms with van der Waals surface area (Å²) in [6.45, 7) is 1.85. The molecular weight excluding hydrogens is 290 g/mol. The molecule has 1 saturated carbocycles. The molecule has 1 saturated heterocycles. The largest absolute Gasteiger partial charge is 0.355 e. The number of H-pyrrole nitrogens is 1. The summed E-state index contributed by atoms with van der Waals surface area (Å²) in [4.78, 5) is 18.4. The molecular formula is C17H21N5O. The number of hydrogen-bond donors (Lipinski definition) is 2. The molecule has 0 spiro atoms. The summed E-state index contributed by atoms with van der Waals surface area (Å²) in [5, 5.41) is 10.7. The van der Waals surface area contributed by atoms with Crippen molar-refractivity contribution in [3.8, 4) is 0 Å². The Morgan fingerprint density at radius 2 is 1.91 bits per heavy atom. The van der Waals surface area contributed by atoms with Crippen LogP contribution in [0, 0.1) is 0 Å². The second kappa shape index (κ2) is 6.02. The second-order valence-corrected chi connectivity index (χ2v) is 6.43. The maximum absolute atomic E-state index is 12.2. The zero-order valence-electron chi connectivity index (χ0n) is 13.0. The molecule has 4 rings (SSSR count). The van der Waals surface area contributed by atoms with Gasteiger partial charge in [0.1, 0.15) is 0 Å². The smallest absolute Gasteiger partial charge is 0.251 e. The fourth-order valence-electron chi connectivity index (χ4n) is 3.12. The molecule has 2 aromatic rings. The van der Waals surface area contributed by atoms with Gasteiger partial charge in [-0.15, -0.1) is 0 Å². The average molecular weight is 311 g/mol. The summed E-state index contributed by atoms with van der Waals surface area (Å²) < 4.78 is 0. The molecule has 2 fully saturated rings. The number of piperidine rings is 1. The van der Waals surface area contributed by atoms with Gasteiger partial charge in [0.2, 0.25) is 0 Å². The van der Waals surface area contributed by atoms with Gasteiger partial charge in [0.25, 0.3) is 5.91 Å². The van der Waals surface area contributed by atoms with Gasteiger partial charge in [-0.2, -0.15) is 5.10 Å². The molecule has 6 nitrogen and oxygen atoms in total. The molecule has 2 aromatic heterocycles. The lowest BCUT2D eigenvalue weighted by atomic mass is 10.0. The van der Waals surface area contributed by atoms with Crippen molar-refractivity contribution in [2.24, 2.45) is 0 Å². The molecule has 0 aromatic carbocycles. The molecule has 1 amide bonds.